The summed E-state index contributed by atoms with van der Waals surface area (Å²) in [6.45, 7) is 8.75. The normalized spacial score (nSPS) is 18.1. The van der Waals surface area contributed by atoms with Crippen LogP contribution in [0.4, 0.5) is 0 Å². The topological polar surface area (TPSA) is 55.4 Å². The zero-order valence-corrected chi connectivity index (χ0v) is 22.5. The van der Waals surface area contributed by atoms with Crippen LogP contribution in [0, 0.1) is 11.8 Å². The lowest BCUT2D eigenvalue weighted by atomic mass is 9.73. The smallest absolute Gasteiger partial charge is 0.306 e. The Morgan fingerprint density at radius 2 is 1.15 bits per heavy atom. The molecule has 0 saturated heterocycles. The van der Waals surface area contributed by atoms with Crippen LogP contribution in [0.15, 0.2) is 0 Å². The first-order valence-electron chi connectivity index (χ1n) is 14.3. The van der Waals surface area contributed by atoms with Crippen LogP contribution < -0.4 is 5.32 Å². The summed E-state index contributed by atoms with van der Waals surface area (Å²) in [5, 5.41) is 3.09. The predicted molar refractivity (Wildman–Crippen MR) is 139 cm³/mol. The number of ether oxygens (including phenoxy) is 1. The molecule has 0 spiro atoms. The number of carbonyl (C=O) groups is 2. The predicted octanol–water partition coefficient (Wildman–Crippen LogP) is 8.12. The number of hydrogen-bond donors (Lipinski definition) is 1. The molecule has 1 aliphatic carbocycles. The van der Waals surface area contributed by atoms with Crippen molar-refractivity contribution in [1.82, 2.24) is 5.32 Å². The molecule has 0 aromatic carbocycles. The van der Waals surface area contributed by atoms with Crippen molar-refractivity contribution in [3.8, 4) is 0 Å². The maximum absolute atomic E-state index is 12.2. The molecule has 194 valence electrons. The van der Waals surface area contributed by atoms with Gasteiger partial charge in [0.25, 0.3) is 0 Å². The number of amides is 1. The maximum Gasteiger partial charge on any atom is 0.306 e. The minimum Gasteiger partial charge on any atom is -0.460 e. The van der Waals surface area contributed by atoms with Crippen molar-refractivity contribution in [1.29, 1.82) is 0 Å². The number of rotatable bonds is 20. The average molecular weight is 466 g/mol. The molecule has 33 heavy (non-hydrogen) atoms. The van der Waals surface area contributed by atoms with E-state index in [4.69, 9.17) is 4.74 Å². The number of nitrogens with one attached hydrogen (secondary N) is 1. The third-order valence-electron chi connectivity index (χ3n) is 6.81. The van der Waals surface area contributed by atoms with Crippen molar-refractivity contribution in [2.75, 3.05) is 6.54 Å². The molecule has 0 heterocycles. The van der Waals surface area contributed by atoms with E-state index in [1.54, 1.807) is 0 Å². The lowest BCUT2D eigenvalue weighted by Crippen LogP contribution is -2.40. The van der Waals surface area contributed by atoms with Gasteiger partial charge >= 0.3 is 5.97 Å². The fraction of sp³-hybridized carbons (Fsp3) is 0.931. The van der Waals surface area contributed by atoms with E-state index < -0.39 is 5.60 Å². The summed E-state index contributed by atoms with van der Waals surface area (Å²) in [7, 11) is 0. The van der Waals surface area contributed by atoms with Gasteiger partial charge in [-0.25, -0.2) is 0 Å². The molecule has 4 nitrogen and oxygen atoms in total. The summed E-state index contributed by atoms with van der Waals surface area (Å²) < 4.78 is 5.37. The summed E-state index contributed by atoms with van der Waals surface area (Å²) in [5.74, 6) is 0.445. The summed E-state index contributed by atoms with van der Waals surface area (Å²) >= 11 is 0. The summed E-state index contributed by atoms with van der Waals surface area (Å²) in [6, 6.07) is 0. The van der Waals surface area contributed by atoms with Gasteiger partial charge in [-0.3, -0.25) is 9.59 Å². The molecule has 0 aromatic heterocycles. The lowest BCUT2D eigenvalue weighted by Gasteiger charge is -2.34. The van der Waals surface area contributed by atoms with Crippen molar-refractivity contribution in [2.45, 2.75) is 155 Å². The van der Waals surface area contributed by atoms with Gasteiger partial charge in [0.1, 0.15) is 5.60 Å². The van der Waals surface area contributed by atoms with Crippen LogP contribution in [0.3, 0.4) is 0 Å². The maximum atomic E-state index is 12.2. The van der Waals surface area contributed by atoms with E-state index in [1.165, 1.54) is 96.3 Å². The quantitative estimate of drug-likeness (QED) is 0.146. The largest absolute Gasteiger partial charge is 0.460 e. The second kappa shape index (κ2) is 18.3. The molecule has 0 unspecified atom stereocenters. The van der Waals surface area contributed by atoms with Gasteiger partial charge in [0.15, 0.2) is 0 Å². The highest BCUT2D eigenvalue weighted by molar-refractivity contribution is 5.80. The number of unbranched alkanes of at least 4 members (excludes halogenated alkanes) is 15. The Kier molecular flexibility index (Phi) is 16.6. The highest BCUT2D eigenvalue weighted by Crippen LogP contribution is 2.36. The Balaban J connectivity index is 1.81. The van der Waals surface area contributed by atoms with Crippen LogP contribution in [0.5, 0.6) is 0 Å². The Hall–Kier alpha value is -1.06. The molecule has 0 bridgehead atoms. The summed E-state index contributed by atoms with van der Waals surface area (Å²) in [4.78, 5) is 24.1. The van der Waals surface area contributed by atoms with Gasteiger partial charge in [0.05, 0.1) is 0 Å². The highest BCUT2D eigenvalue weighted by Gasteiger charge is 2.36. The van der Waals surface area contributed by atoms with E-state index in [9.17, 15) is 9.59 Å². The Morgan fingerprint density at radius 3 is 1.58 bits per heavy atom. The highest BCUT2D eigenvalue weighted by atomic mass is 16.6. The summed E-state index contributed by atoms with van der Waals surface area (Å²) in [6.07, 6.45) is 23.9. The fourth-order valence-electron chi connectivity index (χ4n) is 4.76. The van der Waals surface area contributed by atoms with Crippen LogP contribution in [0.2, 0.25) is 0 Å². The molecule has 4 heteroatoms. The van der Waals surface area contributed by atoms with Crippen molar-refractivity contribution in [3.05, 3.63) is 0 Å². The molecule has 1 saturated carbocycles. The number of carbonyl (C=O) groups excluding carboxylic acids is 2. The monoisotopic (exact) mass is 465 g/mol. The summed E-state index contributed by atoms with van der Waals surface area (Å²) in [5.41, 5.74) is -0.426. The van der Waals surface area contributed by atoms with Crippen LogP contribution in [-0.2, 0) is 14.3 Å². The first kappa shape index (κ1) is 30.0. The lowest BCUT2D eigenvalue weighted by molar-refractivity contribution is -0.157. The molecule has 1 amide bonds. The molecule has 0 atom stereocenters. The Labute approximate surface area is 205 Å². The van der Waals surface area contributed by atoms with Gasteiger partial charge in [0.2, 0.25) is 5.91 Å². The van der Waals surface area contributed by atoms with Gasteiger partial charge in [-0.05, 0) is 46.0 Å². The Morgan fingerprint density at radius 1 is 0.727 bits per heavy atom. The van der Waals surface area contributed by atoms with Crippen molar-refractivity contribution in [3.63, 3.8) is 0 Å². The van der Waals surface area contributed by atoms with E-state index in [0.29, 0.717) is 12.3 Å². The third kappa shape index (κ3) is 17.1. The first-order chi connectivity index (χ1) is 15.8. The van der Waals surface area contributed by atoms with Gasteiger partial charge in [-0.15, -0.1) is 0 Å². The second-order valence-electron chi connectivity index (χ2n) is 11.4. The van der Waals surface area contributed by atoms with Gasteiger partial charge in [-0.2, -0.15) is 0 Å². The Bertz CT molecular complexity index is 505. The van der Waals surface area contributed by atoms with Crippen molar-refractivity contribution >= 4 is 11.9 Å². The van der Waals surface area contributed by atoms with Crippen LogP contribution in [0.25, 0.3) is 0 Å². The third-order valence-corrected chi connectivity index (χ3v) is 6.81. The van der Waals surface area contributed by atoms with E-state index in [0.717, 1.165) is 25.8 Å². The minimum absolute atomic E-state index is 0.0958. The van der Waals surface area contributed by atoms with Crippen LogP contribution in [-0.4, -0.2) is 24.0 Å². The molecule has 0 aliphatic heterocycles. The molecule has 1 aliphatic rings. The number of esters is 1. The van der Waals surface area contributed by atoms with Crippen molar-refractivity contribution in [2.24, 2.45) is 11.8 Å². The van der Waals surface area contributed by atoms with E-state index >= 15 is 0 Å². The van der Waals surface area contributed by atoms with Gasteiger partial charge < -0.3 is 10.1 Å². The molecular formula is C29H55NO3. The van der Waals surface area contributed by atoms with Crippen LogP contribution in [0.1, 0.15) is 150 Å². The minimum atomic E-state index is -0.426. The molecule has 0 radical (unpaired) electrons. The standard InChI is InChI=1S/C29H55NO3/c1-5-6-7-8-9-10-11-12-13-14-15-16-17-18-19-20-21-30-28(32)26-22-25(23-26)24-27(31)33-29(2,3)4/h25-26H,5-24H2,1-4H3,(H,30,32). The first-order valence-corrected chi connectivity index (χ1v) is 14.3. The molecule has 1 rings (SSSR count). The molecule has 1 N–H and O–H groups in total. The molecular weight excluding hydrogens is 410 g/mol. The second-order valence-corrected chi connectivity index (χ2v) is 11.4. The molecule has 1 fully saturated rings. The van der Waals surface area contributed by atoms with E-state index in [1.807, 2.05) is 20.8 Å². The van der Waals surface area contributed by atoms with E-state index in [-0.39, 0.29) is 17.8 Å². The zero-order valence-electron chi connectivity index (χ0n) is 22.5. The molecule has 0 aromatic rings. The average Bonchev–Trinajstić information content (AvgIpc) is 2.71. The van der Waals surface area contributed by atoms with Crippen LogP contribution >= 0.6 is 0 Å². The van der Waals surface area contributed by atoms with Crippen molar-refractivity contribution < 1.29 is 14.3 Å². The van der Waals surface area contributed by atoms with Gasteiger partial charge in [0, 0.05) is 18.9 Å². The fourth-order valence-corrected chi connectivity index (χ4v) is 4.76. The van der Waals surface area contributed by atoms with Gasteiger partial charge in [-0.1, -0.05) is 103 Å². The zero-order chi connectivity index (χ0) is 24.4. The van der Waals surface area contributed by atoms with E-state index in [2.05, 4.69) is 12.2 Å². The number of hydrogen-bond acceptors (Lipinski definition) is 3. The SMILES string of the molecule is CCCCCCCCCCCCCCCCCCNC(=O)C1CC(CC(=O)OC(C)(C)C)C1.